The Labute approximate surface area is 103 Å². The number of hydrogen-bond acceptors (Lipinski definition) is 4. The molecule has 0 amide bonds. The molecule has 92 valence electrons. The van der Waals surface area contributed by atoms with E-state index < -0.39 is 18.2 Å². The summed E-state index contributed by atoms with van der Waals surface area (Å²) in [6, 6.07) is 4.52. The molecule has 2 atom stereocenters. The number of β-amino-alcohol motifs (C(OH)–C–C–N with tert-alkyl or cyclic N) is 2. The summed E-state index contributed by atoms with van der Waals surface area (Å²) >= 11 is 5.74. The number of hydrogen-bond donors (Lipinski definition) is 3. The number of carbonyl (C=O) groups is 1. The monoisotopic (exact) mass is 257 g/mol. The average Bonchev–Trinajstić information content (AvgIpc) is 2.59. The van der Waals surface area contributed by atoms with E-state index in [9.17, 15) is 15.0 Å². The SMILES string of the molecule is O=C(O)c1cc(Cl)ccc1N1CC(O)C(O)C1. The summed E-state index contributed by atoms with van der Waals surface area (Å²) < 4.78 is 0. The third kappa shape index (κ3) is 2.36. The van der Waals surface area contributed by atoms with Gasteiger partial charge in [0.05, 0.1) is 23.5 Å². The highest BCUT2D eigenvalue weighted by molar-refractivity contribution is 6.31. The van der Waals surface area contributed by atoms with Crippen molar-refractivity contribution in [1.82, 2.24) is 0 Å². The fraction of sp³-hybridized carbons (Fsp3) is 0.364. The van der Waals surface area contributed by atoms with E-state index in [1.54, 1.807) is 17.0 Å². The zero-order chi connectivity index (χ0) is 12.6. The van der Waals surface area contributed by atoms with Crippen molar-refractivity contribution in [3.63, 3.8) is 0 Å². The zero-order valence-electron chi connectivity index (χ0n) is 8.88. The van der Waals surface area contributed by atoms with Gasteiger partial charge in [0.25, 0.3) is 0 Å². The number of aliphatic hydroxyl groups excluding tert-OH is 2. The summed E-state index contributed by atoms with van der Waals surface area (Å²) in [5.41, 5.74) is 0.524. The summed E-state index contributed by atoms with van der Waals surface area (Å²) in [5.74, 6) is -1.08. The molecule has 0 aromatic heterocycles. The molecule has 1 aliphatic heterocycles. The zero-order valence-corrected chi connectivity index (χ0v) is 9.63. The van der Waals surface area contributed by atoms with Gasteiger partial charge >= 0.3 is 5.97 Å². The van der Waals surface area contributed by atoms with Gasteiger partial charge in [-0.3, -0.25) is 0 Å². The highest BCUT2D eigenvalue weighted by Gasteiger charge is 2.31. The Hall–Kier alpha value is -1.30. The van der Waals surface area contributed by atoms with Crippen LogP contribution < -0.4 is 4.90 Å². The maximum absolute atomic E-state index is 11.1. The first-order chi connectivity index (χ1) is 7.99. The summed E-state index contributed by atoms with van der Waals surface area (Å²) in [6.07, 6.45) is -1.71. The first-order valence-corrected chi connectivity index (χ1v) is 5.51. The molecule has 2 unspecified atom stereocenters. The van der Waals surface area contributed by atoms with Gasteiger partial charge in [-0.1, -0.05) is 11.6 Å². The van der Waals surface area contributed by atoms with E-state index in [4.69, 9.17) is 16.7 Å². The number of carboxylic acid groups (broad SMARTS) is 1. The Kier molecular flexibility index (Phi) is 3.24. The van der Waals surface area contributed by atoms with Crippen molar-refractivity contribution >= 4 is 23.3 Å². The minimum absolute atomic E-state index is 0.0683. The quantitative estimate of drug-likeness (QED) is 0.722. The van der Waals surface area contributed by atoms with Gasteiger partial charge in [0.1, 0.15) is 0 Å². The summed E-state index contributed by atoms with van der Waals surface area (Å²) in [7, 11) is 0. The van der Waals surface area contributed by atoms with Crippen LogP contribution in [-0.2, 0) is 0 Å². The molecule has 3 N–H and O–H groups in total. The smallest absolute Gasteiger partial charge is 0.337 e. The molecular formula is C11H12ClNO4. The lowest BCUT2D eigenvalue weighted by Gasteiger charge is -2.19. The van der Waals surface area contributed by atoms with Crippen LogP contribution in [0.15, 0.2) is 18.2 Å². The molecule has 1 heterocycles. The largest absolute Gasteiger partial charge is 0.478 e. The molecule has 0 radical (unpaired) electrons. The third-order valence-electron chi connectivity index (χ3n) is 2.79. The van der Waals surface area contributed by atoms with Crippen LogP contribution in [0.2, 0.25) is 5.02 Å². The van der Waals surface area contributed by atoms with E-state index in [1.807, 2.05) is 0 Å². The molecule has 1 aliphatic rings. The molecule has 0 saturated carbocycles. The average molecular weight is 258 g/mol. The van der Waals surface area contributed by atoms with Crippen LogP contribution in [0.3, 0.4) is 0 Å². The topological polar surface area (TPSA) is 81.0 Å². The Morgan fingerprint density at radius 2 is 1.88 bits per heavy atom. The minimum Gasteiger partial charge on any atom is -0.478 e. The summed E-state index contributed by atoms with van der Waals surface area (Å²) in [5, 5.41) is 28.3. The predicted octanol–water partition coefficient (Wildman–Crippen LogP) is 0.580. The number of carboxylic acids is 1. The molecule has 1 aromatic rings. The molecule has 2 rings (SSSR count). The van der Waals surface area contributed by atoms with Crippen LogP contribution in [0.4, 0.5) is 5.69 Å². The van der Waals surface area contributed by atoms with E-state index in [-0.39, 0.29) is 18.7 Å². The molecule has 6 heteroatoms. The van der Waals surface area contributed by atoms with Crippen molar-refractivity contribution < 1.29 is 20.1 Å². The van der Waals surface area contributed by atoms with E-state index in [1.165, 1.54) is 6.07 Å². The van der Waals surface area contributed by atoms with Crippen molar-refractivity contribution in [1.29, 1.82) is 0 Å². The Morgan fingerprint density at radius 3 is 2.41 bits per heavy atom. The maximum atomic E-state index is 11.1. The predicted molar refractivity (Wildman–Crippen MR) is 62.6 cm³/mol. The molecule has 0 aliphatic carbocycles. The summed E-state index contributed by atoms with van der Waals surface area (Å²) in [4.78, 5) is 12.7. The van der Waals surface area contributed by atoms with Gasteiger partial charge in [0.2, 0.25) is 0 Å². The minimum atomic E-state index is -1.08. The number of anilines is 1. The second kappa shape index (κ2) is 4.52. The molecule has 0 spiro atoms. The van der Waals surface area contributed by atoms with Crippen molar-refractivity contribution in [2.45, 2.75) is 12.2 Å². The van der Waals surface area contributed by atoms with Gasteiger partial charge < -0.3 is 20.2 Å². The Bertz CT molecular complexity index is 441. The van der Waals surface area contributed by atoms with Crippen molar-refractivity contribution in [3.8, 4) is 0 Å². The lowest BCUT2D eigenvalue weighted by molar-refractivity contribution is 0.0572. The van der Waals surface area contributed by atoms with Gasteiger partial charge in [-0.15, -0.1) is 0 Å². The van der Waals surface area contributed by atoms with Crippen molar-refractivity contribution in [2.75, 3.05) is 18.0 Å². The second-order valence-electron chi connectivity index (χ2n) is 4.01. The van der Waals surface area contributed by atoms with Gasteiger partial charge in [-0.05, 0) is 18.2 Å². The molecular weight excluding hydrogens is 246 g/mol. The normalized spacial score (nSPS) is 24.1. The van der Waals surface area contributed by atoms with E-state index in [0.29, 0.717) is 10.7 Å². The van der Waals surface area contributed by atoms with Crippen LogP contribution in [0, 0.1) is 0 Å². The summed E-state index contributed by atoms with van der Waals surface area (Å²) in [6.45, 7) is 0.423. The fourth-order valence-electron chi connectivity index (χ4n) is 1.92. The molecule has 0 bridgehead atoms. The Balaban J connectivity index is 2.36. The first kappa shape index (κ1) is 12.2. The molecule has 1 saturated heterocycles. The van der Waals surface area contributed by atoms with E-state index >= 15 is 0 Å². The van der Waals surface area contributed by atoms with Crippen LogP contribution in [0.25, 0.3) is 0 Å². The number of halogens is 1. The highest BCUT2D eigenvalue weighted by atomic mass is 35.5. The maximum Gasteiger partial charge on any atom is 0.337 e. The van der Waals surface area contributed by atoms with Crippen LogP contribution in [-0.4, -0.2) is 46.6 Å². The fourth-order valence-corrected chi connectivity index (χ4v) is 2.09. The van der Waals surface area contributed by atoms with Crippen LogP contribution in [0.5, 0.6) is 0 Å². The van der Waals surface area contributed by atoms with Crippen molar-refractivity contribution in [3.05, 3.63) is 28.8 Å². The van der Waals surface area contributed by atoms with Gasteiger partial charge in [-0.25, -0.2) is 4.79 Å². The van der Waals surface area contributed by atoms with Crippen molar-refractivity contribution in [2.24, 2.45) is 0 Å². The standard InChI is InChI=1S/C11H12ClNO4/c12-6-1-2-8(7(3-6)11(16)17)13-4-9(14)10(15)5-13/h1-3,9-10,14-15H,4-5H2,(H,16,17). The number of nitrogens with zero attached hydrogens (tertiary/aromatic N) is 1. The highest BCUT2D eigenvalue weighted by Crippen LogP contribution is 2.27. The van der Waals surface area contributed by atoms with Gasteiger partial charge in [-0.2, -0.15) is 0 Å². The lowest BCUT2D eigenvalue weighted by Crippen LogP contribution is -2.23. The molecule has 1 aromatic carbocycles. The number of rotatable bonds is 2. The third-order valence-corrected chi connectivity index (χ3v) is 3.02. The molecule has 17 heavy (non-hydrogen) atoms. The van der Waals surface area contributed by atoms with Crippen LogP contribution in [0.1, 0.15) is 10.4 Å². The number of benzene rings is 1. The number of aliphatic hydroxyl groups is 2. The van der Waals surface area contributed by atoms with Gasteiger partial charge in [0, 0.05) is 18.1 Å². The van der Waals surface area contributed by atoms with E-state index in [0.717, 1.165) is 0 Å². The molecule has 5 nitrogen and oxygen atoms in total. The molecule has 1 fully saturated rings. The second-order valence-corrected chi connectivity index (χ2v) is 4.44. The lowest BCUT2D eigenvalue weighted by atomic mass is 10.1. The number of aromatic carboxylic acids is 1. The van der Waals surface area contributed by atoms with Crippen LogP contribution >= 0.6 is 11.6 Å². The van der Waals surface area contributed by atoms with Gasteiger partial charge in [0.15, 0.2) is 0 Å². The first-order valence-electron chi connectivity index (χ1n) is 5.13. The van der Waals surface area contributed by atoms with E-state index in [2.05, 4.69) is 0 Å². The Morgan fingerprint density at radius 1 is 1.29 bits per heavy atom.